The number of rotatable bonds is 3. The van der Waals surface area contributed by atoms with Gasteiger partial charge in [-0.05, 0) is 43.4 Å². The van der Waals surface area contributed by atoms with Gasteiger partial charge < -0.3 is 19.9 Å². The zero-order valence-electron chi connectivity index (χ0n) is 16.0. The number of hydrogen-bond donors (Lipinski definition) is 2. The van der Waals surface area contributed by atoms with Gasteiger partial charge in [-0.2, -0.15) is 4.99 Å². The van der Waals surface area contributed by atoms with Crippen LogP contribution in [0.4, 0.5) is 0 Å². The lowest BCUT2D eigenvalue weighted by Gasteiger charge is -2.29. The SMILES string of the molecule is COC1=CC(C2=CC3OC4CCC=CC4C3C=C2)NC(C2=C(O)C=CCC2)=N1. The molecule has 5 aliphatic rings. The van der Waals surface area contributed by atoms with Crippen LogP contribution in [0.15, 0.2) is 76.4 Å². The Balaban J connectivity index is 1.40. The standard InChI is InChI=1S/C23H26N2O3/c1-27-22-13-18(24-23(25-22)17-7-2-4-8-19(17)26)14-10-11-16-15-6-3-5-9-20(15)28-21(16)12-14/h3-4,6,8,10-13,15-16,18,20-21,26H,2,5,7,9H2,1H3,(H,24,25). The minimum atomic E-state index is -0.0624. The molecule has 5 heteroatoms. The molecular weight excluding hydrogens is 352 g/mol. The minimum absolute atomic E-state index is 0.0624. The molecule has 5 nitrogen and oxygen atoms in total. The first-order chi connectivity index (χ1) is 13.7. The van der Waals surface area contributed by atoms with Gasteiger partial charge in [-0.3, -0.25) is 0 Å². The summed E-state index contributed by atoms with van der Waals surface area (Å²) in [7, 11) is 1.63. The number of aliphatic hydroxyl groups is 1. The molecule has 1 saturated heterocycles. The molecule has 0 aromatic heterocycles. The molecule has 0 aromatic carbocycles. The Morgan fingerprint density at radius 3 is 2.93 bits per heavy atom. The number of hydrogen-bond acceptors (Lipinski definition) is 5. The highest BCUT2D eigenvalue weighted by Crippen LogP contribution is 2.42. The molecule has 2 heterocycles. The van der Waals surface area contributed by atoms with E-state index >= 15 is 0 Å². The molecule has 0 saturated carbocycles. The maximum atomic E-state index is 10.3. The third-order valence-electron chi connectivity index (χ3n) is 6.25. The molecule has 146 valence electrons. The minimum Gasteiger partial charge on any atom is -0.508 e. The molecule has 1 fully saturated rings. The van der Waals surface area contributed by atoms with Gasteiger partial charge in [-0.15, -0.1) is 0 Å². The lowest BCUT2D eigenvalue weighted by Crippen LogP contribution is -2.40. The molecule has 5 unspecified atom stereocenters. The van der Waals surface area contributed by atoms with Crippen LogP contribution in [0.1, 0.15) is 25.7 Å². The molecule has 0 amide bonds. The number of aliphatic hydroxyl groups excluding tert-OH is 1. The summed E-state index contributed by atoms with van der Waals surface area (Å²) in [5.74, 6) is 2.44. The van der Waals surface area contributed by atoms with Crippen molar-refractivity contribution < 1.29 is 14.6 Å². The molecule has 5 rings (SSSR count). The van der Waals surface area contributed by atoms with Crippen molar-refractivity contribution in [2.24, 2.45) is 16.8 Å². The van der Waals surface area contributed by atoms with E-state index in [-0.39, 0.29) is 17.9 Å². The second-order valence-electron chi connectivity index (χ2n) is 7.92. The van der Waals surface area contributed by atoms with Gasteiger partial charge in [-0.25, -0.2) is 0 Å². The normalized spacial score (nSPS) is 36.2. The molecule has 0 radical (unpaired) electrons. The van der Waals surface area contributed by atoms with Gasteiger partial charge in [0.25, 0.3) is 0 Å². The summed E-state index contributed by atoms with van der Waals surface area (Å²) in [5, 5.41) is 13.8. The Hall–Kier alpha value is -2.53. The molecular formula is C23H26N2O3. The maximum Gasteiger partial charge on any atom is 0.213 e. The fraction of sp³-hybridized carbons (Fsp3) is 0.435. The lowest BCUT2D eigenvalue weighted by atomic mass is 9.79. The van der Waals surface area contributed by atoms with Crippen molar-refractivity contribution >= 4 is 5.84 Å². The van der Waals surface area contributed by atoms with Crippen LogP contribution in [0.5, 0.6) is 0 Å². The first-order valence-electron chi connectivity index (χ1n) is 10.1. The Morgan fingerprint density at radius 2 is 2.07 bits per heavy atom. The molecule has 2 aliphatic heterocycles. The summed E-state index contributed by atoms with van der Waals surface area (Å²) in [6.45, 7) is 0. The molecule has 0 bridgehead atoms. The van der Waals surface area contributed by atoms with Crippen LogP contribution < -0.4 is 5.32 Å². The van der Waals surface area contributed by atoms with Crippen LogP contribution in [-0.2, 0) is 9.47 Å². The summed E-state index contributed by atoms with van der Waals surface area (Å²) in [6, 6.07) is -0.0624. The molecule has 0 aromatic rings. The number of nitrogens with zero attached hydrogens (tertiary/aromatic N) is 1. The number of fused-ring (bicyclic) bond motifs is 3. The van der Waals surface area contributed by atoms with Crippen LogP contribution in [0.3, 0.4) is 0 Å². The van der Waals surface area contributed by atoms with Crippen molar-refractivity contribution in [1.82, 2.24) is 5.32 Å². The van der Waals surface area contributed by atoms with Crippen molar-refractivity contribution in [3.8, 4) is 0 Å². The highest BCUT2D eigenvalue weighted by Gasteiger charge is 2.43. The van der Waals surface area contributed by atoms with E-state index in [9.17, 15) is 5.11 Å². The average molecular weight is 378 g/mol. The molecule has 28 heavy (non-hydrogen) atoms. The van der Waals surface area contributed by atoms with Crippen molar-refractivity contribution in [2.45, 2.75) is 43.9 Å². The Kier molecular flexibility index (Phi) is 4.47. The third kappa shape index (κ3) is 3.04. The number of methoxy groups -OCH3 is 1. The maximum absolute atomic E-state index is 10.3. The fourth-order valence-corrected chi connectivity index (χ4v) is 4.79. The van der Waals surface area contributed by atoms with E-state index in [1.54, 1.807) is 13.2 Å². The summed E-state index contributed by atoms with van der Waals surface area (Å²) in [6.07, 6.45) is 21.4. The van der Waals surface area contributed by atoms with Gasteiger partial charge in [0.05, 0.1) is 25.4 Å². The molecule has 3 aliphatic carbocycles. The highest BCUT2D eigenvalue weighted by atomic mass is 16.5. The number of ether oxygens (including phenoxy) is 2. The van der Waals surface area contributed by atoms with E-state index in [0.29, 0.717) is 29.7 Å². The van der Waals surface area contributed by atoms with Crippen molar-refractivity contribution in [3.05, 3.63) is 71.4 Å². The summed E-state index contributed by atoms with van der Waals surface area (Å²) >= 11 is 0. The van der Waals surface area contributed by atoms with Crippen molar-refractivity contribution in [2.75, 3.05) is 7.11 Å². The predicted octanol–water partition coefficient (Wildman–Crippen LogP) is 3.85. The van der Waals surface area contributed by atoms with E-state index < -0.39 is 0 Å². The first-order valence-corrected chi connectivity index (χ1v) is 10.1. The van der Waals surface area contributed by atoms with Gasteiger partial charge in [0, 0.05) is 23.5 Å². The topological polar surface area (TPSA) is 63.1 Å². The number of amidine groups is 1. The Morgan fingerprint density at radius 1 is 1.14 bits per heavy atom. The molecule has 2 N–H and O–H groups in total. The molecule has 0 spiro atoms. The number of aliphatic imine (C=N–C) groups is 1. The predicted molar refractivity (Wildman–Crippen MR) is 109 cm³/mol. The Labute approximate surface area is 165 Å². The number of nitrogens with one attached hydrogen (secondary N) is 1. The fourth-order valence-electron chi connectivity index (χ4n) is 4.79. The van der Waals surface area contributed by atoms with Crippen LogP contribution in [0.2, 0.25) is 0 Å². The van der Waals surface area contributed by atoms with Gasteiger partial charge in [0.15, 0.2) is 0 Å². The van der Waals surface area contributed by atoms with Crippen LogP contribution >= 0.6 is 0 Å². The zero-order valence-corrected chi connectivity index (χ0v) is 16.0. The van der Waals surface area contributed by atoms with Crippen molar-refractivity contribution in [3.63, 3.8) is 0 Å². The molecule has 5 atom stereocenters. The van der Waals surface area contributed by atoms with E-state index in [1.165, 1.54) is 0 Å². The Bertz CT molecular complexity index is 874. The monoisotopic (exact) mass is 378 g/mol. The summed E-state index contributed by atoms with van der Waals surface area (Å²) in [5.41, 5.74) is 1.99. The first kappa shape index (κ1) is 17.6. The summed E-state index contributed by atoms with van der Waals surface area (Å²) < 4.78 is 11.8. The van der Waals surface area contributed by atoms with Gasteiger partial charge in [0.1, 0.15) is 11.6 Å². The van der Waals surface area contributed by atoms with E-state index in [2.05, 4.69) is 40.7 Å². The highest BCUT2D eigenvalue weighted by molar-refractivity contribution is 6.01. The van der Waals surface area contributed by atoms with Gasteiger partial charge in [0.2, 0.25) is 5.88 Å². The van der Waals surface area contributed by atoms with Gasteiger partial charge >= 0.3 is 0 Å². The number of allylic oxidation sites excluding steroid dienone is 3. The second-order valence-corrected chi connectivity index (χ2v) is 7.92. The van der Waals surface area contributed by atoms with Crippen LogP contribution in [0, 0.1) is 11.8 Å². The largest absolute Gasteiger partial charge is 0.508 e. The average Bonchev–Trinajstić information content (AvgIpc) is 3.11. The van der Waals surface area contributed by atoms with Gasteiger partial charge in [-0.1, -0.05) is 30.4 Å². The zero-order chi connectivity index (χ0) is 19.1. The summed E-state index contributed by atoms with van der Waals surface area (Å²) in [4.78, 5) is 4.55. The van der Waals surface area contributed by atoms with Crippen molar-refractivity contribution in [1.29, 1.82) is 0 Å². The van der Waals surface area contributed by atoms with E-state index in [0.717, 1.165) is 36.8 Å². The van der Waals surface area contributed by atoms with E-state index in [1.807, 2.05) is 12.2 Å². The quantitative estimate of drug-likeness (QED) is 0.732. The van der Waals surface area contributed by atoms with Crippen LogP contribution in [-0.4, -0.2) is 36.3 Å². The second kappa shape index (κ2) is 7.13. The third-order valence-corrected chi connectivity index (χ3v) is 6.25. The lowest BCUT2D eigenvalue weighted by molar-refractivity contribution is 0.0524. The van der Waals surface area contributed by atoms with Crippen LogP contribution in [0.25, 0.3) is 0 Å². The van der Waals surface area contributed by atoms with E-state index in [4.69, 9.17) is 9.47 Å². The smallest absolute Gasteiger partial charge is 0.213 e.